The number of carboxylic acids is 1. The second-order valence-electron chi connectivity index (χ2n) is 3.67. The SMILES string of the molecule is C[C@H](CCC(=O)O)NC(=O)c1ccccc1. The molecule has 16 heavy (non-hydrogen) atoms. The molecule has 0 aliphatic heterocycles. The van der Waals surface area contributed by atoms with Gasteiger partial charge in [0.15, 0.2) is 0 Å². The normalized spacial score (nSPS) is 11.8. The number of aliphatic carboxylic acids is 1. The predicted octanol–water partition coefficient (Wildman–Crippen LogP) is 1.67. The number of benzene rings is 1. The molecule has 0 aliphatic rings. The Hall–Kier alpha value is -1.84. The highest BCUT2D eigenvalue weighted by Crippen LogP contribution is 2.01. The molecule has 1 rings (SSSR count). The van der Waals surface area contributed by atoms with Crippen LogP contribution < -0.4 is 5.32 Å². The van der Waals surface area contributed by atoms with Crippen LogP contribution in [0.2, 0.25) is 0 Å². The van der Waals surface area contributed by atoms with Crippen molar-refractivity contribution in [1.82, 2.24) is 5.32 Å². The molecule has 1 amide bonds. The standard InChI is InChI=1S/C12H15NO3/c1-9(7-8-11(14)15)13-12(16)10-5-3-2-4-6-10/h2-6,9H,7-8H2,1H3,(H,13,16)(H,14,15)/t9-/m1/s1. The van der Waals surface area contributed by atoms with Gasteiger partial charge in [-0.15, -0.1) is 0 Å². The minimum Gasteiger partial charge on any atom is -0.481 e. The molecular formula is C12H15NO3. The second-order valence-corrected chi connectivity index (χ2v) is 3.67. The summed E-state index contributed by atoms with van der Waals surface area (Å²) >= 11 is 0. The summed E-state index contributed by atoms with van der Waals surface area (Å²) in [6.07, 6.45) is 0.504. The van der Waals surface area contributed by atoms with E-state index in [0.717, 1.165) is 0 Å². The first-order valence-corrected chi connectivity index (χ1v) is 5.17. The molecule has 1 atom stereocenters. The summed E-state index contributed by atoms with van der Waals surface area (Å²) in [4.78, 5) is 22.0. The lowest BCUT2D eigenvalue weighted by Crippen LogP contribution is -2.32. The smallest absolute Gasteiger partial charge is 0.303 e. The van der Waals surface area contributed by atoms with E-state index in [4.69, 9.17) is 5.11 Å². The van der Waals surface area contributed by atoms with Crippen molar-refractivity contribution in [3.05, 3.63) is 35.9 Å². The minimum atomic E-state index is -0.846. The Morgan fingerprint density at radius 2 is 1.94 bits per heavy atom. The first-order valence-electron chi connectivity index (χ1n) is 5.17. The van der Waals surface area contributed by atoms with E-state index >= 15 is 0 Å². The zero-order chi connectivity index (χ0) is 12.0. The average molecular weight is 221 g/mol. The van der Waals surface area contributed by atoms with Crippen LogP contribution in [0.25, 0.3) is 0 Å². The van der Waals surface area contributed by atoms with Crippen molar-refractivity contribution < 1.29 is 14.7 Å². The van der Waals surface area contributed by atoms with Gasteiger partial charge in [-0.05, 0) is 25.5 Å². The van der Waals surface area contributed by atoms with Crippen LogP contribution in [0, 0.1) is 0 Å². The molecular weight excluding hydrogens is 206 g/mol. The second kappa shape index (κ2) is 5.90. The van der Waals surface area contributed by atoms with Crippen LogP contribution in [0.4, 0.5) is 0 Å². The quantitative estimate of drug-likeness (QED) is 0.794. The Kier molecular flexibility index (Phi) is 4.51. The van der Waals surface area contributed by atoms with E-state index in [1.165, 1.54) is 0 Å². The lowest BCUT2D eigenvalue weighted by molar-refractivity contribution is -0.137. The molecule has 0 aliphatic carbocycles. The van der Waals surface area contributed by atoms with Gasteiger partial charge in [0.1, 0.15) is 0 Å². The first-order chi connectivity index (χ1) is 7.59. The van der Waals surface area contributed by atoms with Gasteiger partial charge in [-0.3, -0.25) is 9.59 Å². The molecule has 1 aromatic rings. The van der Waals surface area contributed by atoms with E-state index in [2.05, 4.69) is 5.32 Å². The highest BCUT2D eigenvalue weighted by molar-refractivity contribution is 5.94. The fraction of sp³-hybridized carbons (Fsp3) is 0.333. The summed E-state index contributed by atoms with van der Waals surface area (Å²) in [5.41, 5.74) is 0.588. The van der Waals surface area contributed by atoms with Gasteiger partial charge >= 0.3 is 5.97 Å². The number of hydrogen-bond acceptors (Lipinski definition) is 2. The summed E-state index contributed by atoms with van der Waals surface area (Å²) in [5, 5.41) is 11.3. The maximum atomic E-state index is 11.6. The fourth-order valence-corrected chi connectivity index (χ4v) is 1.31. The molecule has 0 radical (unpaired) electrons. The molecule has 4 heteroatoms. The van der Waals surface area contributed by atoms with Gasteiger partial charge in [-0.25, -0.2) is 0 Å². The monoisotopic (exact) mass is 221 g/mol. The highest BCUT2D eigenvalue weighted by atomic mass is 16.4. The maximum Gasteiger partial charge on any atom is 0.303 e. The van der Waals surface area contributed by atoms with Gasteiger partial charge < -0.3 is 10.4 Å². The van der Waals surface area contributed by atoms with Crippen molar-refractivity contribution in [2.45, 2.75) is 25.8 Å². The Morgan fingerprint density at radius 1 is 1.31 bits per heavy atom. The lowest BCUT2D eigenvalue weighted by Gasteiger charge is -2.12. The highest BCUT2D eigenvalue weighted by Gasteiger charge is 2.10. The molecule has 4 nitrogen and oxygen atoms in total. The molecule has 2 N–H and O–H groups in total. The van der Waals surface area contributed by atoms with Crippen molar-refractivity contribution >= 4 is 11.9 Å². The molecule has 0 heterocycles. The summed E-state index contributed by atoms with van der Waals surface area (Å²) in [6, 6.07) is 8.72. The molecule has 0 spiro atoms. The Balaban J connectivity index is 2.43. The Labute approximate surface area is 94.3 Å². The van der Waals surface area contributed by atoms with Gasteiger partial charge in [0.2, 0.25) is 0 Å². The predicted molar refractivity (Wildman–Crippen MR) is 60.2 cm³/mol. The van der Waals surface area contributed by atoms with E-state index in [1.54, 1.807) is 31.2 Å². The van der Waals surface area contributed by atoms with Crippen LogP contribution in [-0.4, -0.2) is 23.0 Å². The summed E-state index contributed by atoms with van der Waals surface area (Å²) < 4.78 is 0. The van der Waals surface area contributed by atoms with Crippen molar-refractivity contribution in [3.8, 4) is 0 Å². The molecule has 0 saturated carbocycles. The van der Waals surface area contributed by atoms with Crippen molar-refractivity contribution in [2.75, 3.05) is 0 Å². The summed E-state index contributed by atoms with van der Waals surface area (Å²) in [7, 11) is 0. The fourth-order valence-electron chi connectivity index (χ4n) is 1.31. The molecule has 0 aromatic heterocycles. The number of nitrogens with one attached hydrogen (secondary N) is 1. The first kappa shape index (κ1) is 12.2. The zero-order valence-corrected chi connectivity index (χ0v) is 9.14. The molecule has 0 unspecified atom stereocenters. The van der Waals surface area contributed by atoms with E-state index in [-0.39, 0.29) is 18.4 Å². The number of rotatable bonds is 5. The van der Waals surface area contributed by atoms with Gasteiger partial charge in [-0.2, -0.15) is 0 Å². The third-order valence-electron chi connectivity index (χ3n) is 2.20. The zero-order valence-electron chi connectivity index (χ0n) is 9.14. The van der Waals surface area contributed by atoms with Gasteiger partial charge in [-0.1, -0.05) is 18.2 Å². The third-order valence-corrected chi connectivity index (χ3v) is 2.20. The summed E-state index contributed by atoms with van der Waals surface area (Å²) in [5.74, 6) is -1.01. The Bertz CT molecular complexity index is 362. The topological polar surface area (TPSA) is 66.4 Å². The van der Waals surface area contributed by atoms with Crippen LogP contribution in [0.1, 0.15) is 30.1 Å². The van der Waals surface area contributed by atoms with Gasteiger partial charge in [0.05, 0.1) is 0 Å². The van der Waals surface area contributed by atoms with Gasteiger partial charge in [0, 0.05) is 18.0 Å². The molecule has 86 valence electrons. The number of amides is 1. The van der Waals surface area contributed by atoms with Crippen LogP contribution in [-0.2, 0) is 4.79 Å². The molecule has 1 aromatic carbocycles. The van der Waals surface area contributed by atoms with Gasteiger partial charge in [0.25, 0.3) is 5.91 Å². The van der Waals surface area contributed by atoms with E-state index < -0.39 is 5.97 Å². The van der Waals surface area contributed by atoms with Crippen LogP contribution in [0.3, 0.4) is 0 Å². The summed E-state index contributed by atoms with van der Waals surface area (Å²) in [6.45, 7) is 1.80. The van der Waals surface area contributed by atoms with Crippen molar-refractivity contribution in [2.24, 2.45) is 0 Å². The van der Waals surface area contributed by atoms with E-state index in [0.29, 0.717) is 12.0 Å². The number of carbonyl (C=O) groups is 2. The minimum absolute atomic E-state index is 0.0657. The van der Waals surface area contributed by atoms with E-state index in [1.807, 2.05) is 6.07 Å². The molecule has 0 bridgehead atoms. The van der Waals surface area contributed by atoms with Crippen LogP contribution in [0.5, 0.6) is 0 Å². The van der Waals surface area contributed by atoms with Crippen molar-refractivity contribution in [3.63, 3.8) is 0 Å². The molecule has 0 fully saturated rings. The van der Waals surface area contributed by atoms with E-state index in [9.17, 15) is 9.59 Å². The Morgan fingerprint density at radius 3 is 2.50 bits per heavy atom. The molecule has 0 saturated heterocycles. The number of carbonyl (C=O) groups excluding carboxylic acids is 1. The largest absolute Gasteiger partial charge is 0.481 e. The number of hydrogen-bond donors (Lipinski definition) is 2. The average Bonchev–Trinajstić information content (AvgIpc) is 2.27. The lowest BCUT2D eigenvalue weighted by atomic mass is 10.1. The van der Waals surface area contributed by atoms with Crippen molar-refractivity contribution in [1.29, 1.82) is 0 Å². The van der Waals surface area contributed by atoms with Crippen LogP contribution in [0.15, 0.2) is 30.3 Å². The third kappa shape index (κ3) is 4.13. The number of carboxylic acid groups (broad SMARTS) is 1. The maximum absolute atomic E-state index is 11.6. The van der Waals surface area contributed by atoms with Crippen LogP contribution >= 0.6 is 0 Å².